The molecule has 2 aromatic rings. The van der Waals surface area contributed by atoms with Gasteiger partial charge >= 0.3 is 5.97 Å². The fourth-order valence-electron chi connectivity index (χ4n) is 2.52. The zero-order valence-electron chi connectivity index (χ0n) is 14.8. The van der Waals surface area contributed by atoms with Crippen LogP contribution >= 0.6 is 11.6 Å². The van der Waals surface area contributed by atoms with Crippen LogP contribution in [0.2, 0.25) is 0 Å². The number of ether oxygens (including phenoxy) is 1. The van der Waals surface area contributed by atoms with Gasteiger partial charge in [0.05, 0.1) is 24.6 Å². The van der Waals surface area contributed by atoms with Crippen molar-refractivity contribution in [2.75, 3.05) is 7.11 Å². The summed E-state index contributed by atoms with van der Waals surface area (Å²) in [5.74, 6) is -0.0659. The van der Waals surface area contributed by atoms with Crippen LogP contribution in [0, 0.1) is 0 Å². The van der Waals surface area contributed by atoms with Crippen LogP contribution in [0.15, 0.2) is 35.5 Å². The van der Waals surface area contributed by atoms with Crippen LogP contribution in [-0.4, -0.2) is 28.6 Å². The Morgan fingerprint density at radius 2 is 2.15 bits per heavy atom. The zero-order chi connectivity index (χ0) is 19.3. The molecule has 0 amide bonds. The van der Waals surface area contributed by atoms with Crippen molar-refractivity contribution >= 4 is 35.1 Å². The lowest BCUT2D eigenvalue weighted by Gasteiger charge is -2.09. The van der Waals surface area contributed by atoms with E-state index in [4.69, 9.17) is 17.3 Å². The van der Waals surface area contributed by atoms with E-state index in [9.17, 15) is 9.90 Å². The number of nitrogens with zero attached hydrogens (tertiary/aromatic N) is 2. The largest absolute Gasteiger partial charge is 0.508 e. The molecule has 0 aliphatic carbocycles. The maximum atomic E-state index is 11.5. The maximum Gasteiger partial charge on any atom is 0.337 e. The van der Waals surface area contributed by atoms with Gasteiger partial charge in [0.2, 0.25) is 0 Å². The Morgan fingerprint density at radius 1 is 1.42 bits per heavy atom. The number of methoxy groups -OCH3 is 1. The number of halogens is 1. The number of aromatic hydroxyl groups is 1. The van der Waals surface area contributed by atoms with E-state index in [-0.39, 0.29) is 16.5 Å². The van der Waals surface area contributed by atoms with Crippen LogP contribution < -0.4 is 16.3 Å². The molecule has 0 spiro atoms. The number of carbonyl (C=O) groups excluding carboxylic acids is 1. The van der Waals surface area contributed by atoms with Crippen LogP contribution in [0.4, 0.5) is 0 Å². The molecular weight excluding hydrogens is 354 g/mol. The fourth-order valence-corrected chi connectivity index (χ4v) is 2.86. The molecule has 6 nitrogen and oxygen atoms in total. The molecule has 0 unspecified atom stereocenters. The summed E-state index contributed by atoms with van der Waals surface area (Å²) in [5.41, 5.74) is 6.75. The first kappa shape index (κ1) is 19.6. The third-order valence-electron chi connectivity index (χ3n) is 3.84. The van der Waals surface area contributed by atoms with Gasteiger partial charge in [0.15, 0.2) is 5.16 Å². The highest BCUT2D eigenvalue weighted by Gasteiger charge is 2.11. The van der Waals surface area contributed by atoms with E-state index in [0.29, 0.717) is 34.9 Å². The van der Waals surface area contributed by atoms with Crippen molar-refractivity contribution in [1.29, 1.82) is 0 Å². The van der Waals surface area contributed by atoms with E-state index in [1.165, 1.54) is 13.2 Å². The molecule has 1 heterocycles. The minimum absolute atomic E-state index is 0.0108. The Labute approximate surface area is 156 Å². The second kappa shape index (κ2) is 8.58. The normalized spacial score (nSPS) is 12.8. The number of carbonyl (C=O) groups is 1. The summed E-state index contributed by atoms with van der Waals surface area (Å²) in [7, 11) is 1.29. The van der Waals surface area contributed by atoms with Crippen molar-refractivity contribution in [3.8, 4) is 5.75 Å². The predicted octanol–water partition coefficient (Wildman–Crippen LogP) is 1.90. The molecule has 0 aliphatic heterocycles. The molecule has 0 aliphatic rings. The van der Waals surface area contributed by atoms with Gasteiger partial charge < -0.3 is 20.1 Å². The Kier molecular flexibility index (Phi) is 6.46. The summed E-state index contributed by atoms with van der Waals surface area (Å²) in [5, 5.41) is 11.8. The highest BCUT2D eigenvalue weighted by atomic mass is 35.5. The van der Waals surface area contributed by atoms with Crippen LogP contribution in [0.3, 0.4) is 0 Å². The van der Waals surface area contributed by atoms with Crippen LogP contribution in [0.1, 0.15) is 35.7 Å². The maximum absolute atomic E-state index is 11.5. The number of phenolic OH excluding ortho intramolecular Hbond substituents is 1. The molecule has 3 N–H and O–H groups in total. The second-order valence-electron chi connectivity index (χ2n) is 5.80. The Morgan fingerprint density at radius 3 is 2.77 bits per heavy atom. The molecule has 1 aromatic carbocycles. The number of esters is 1. The van der Waals surface area contributed by atoms with E-state index < -0.39 is 5.97 Å². The smallest absolute Gasteiger partial charge is 0.337 e. The Bertz CT molecular complexity index is 947. The summed E-state index contributed by atoms with van der Waals surface area (Å²) in [6.45, 7) is 6.31. The first-order valence-electron chi connectivity index (χ1n) is 8.14. The third kappa shape index (κ3) is 4.46. The van der Waals surface area contributed by atoms with Gasteiger partial charge in [0.25, 0.3) is 0 Å². The van der Waals surface area contributed by atoms with Crippen LogP contribution in [0.5, 0.6) is 5.75 Å². The zero-order valence-corrected chi connectivity index (χ0v) is 15.6. The summed E-state index contributed by atoms with van der Waals surface area (Å²) in [6.07, 6.45) is 3.33. The second-order valence-corrected chi connectivity index (χ2v) is 6.15. The van der Waals surface area contributed by atoms with Gasteiger partial charge in [-0.15, -0.1) is 0 Å². The average molecular weight is 376 g/mol. The van der Waals surface area contributed by atoms with E-state index >= 15 is 0 Å². The molecule has 7 heteroatoms. The van der Waals surface area contributed by atoms with Gasteiger partial charge in [0.1, 0.15) is 11.6 Å². The van der Waals surface area contributed by atoms with E-state index in [1.807, 2.05) is 17.6 Å². The molecule has 138 valence electrons. The molecule has 0 bridgehead atoms. The quantitative estimate of drug-likeness (QED) is 0.349. The standard InChI is InChI=1S/C19H22ClN3O3/c1-4-5-16(21)22-18(20)17-12(2)8-9-23(17)11-14-7-6-13(10-15(14)24)19(25)26-3/h6-10,24H,2,4-5,11H2,1,3H3,(H2,21,22)/b18-17+. The van der Waals surface area contributed by atoms with Gasteiger partial charge in [-0.05, 0) is 29.8 Å². The van der Waals surface area contributed by atoms with Crippen molar-refractivity contribution < 1.29 is 14.6 Å². The monoisotopic (exact) mass is 375 g/mol. The van der Waals surface area contributed by atoms with Crippen LogP contribution in [0.25, 0.3) is 11.7 Å². The molecule has 26 heavy (non-hydrogen) atoms. The van der Waals surface area contributed by atoms with E-state index in [2.05, 4.69) is 16.3 Å². The number of rotatable bonds is 6. The van der Waals surface area contributed by atoms with Gasteiger partial charge in [-0.1, -0.05) is 31.2 Å². The molecule has 0 saturated heterocycles. The number of aromatic nitrogens is 1. The van der Waals surface area contributed by atoms with Crippen molar-refractivity contribution in [1.82, 2.24) is 4.57 Å². The molecular formula is C19H22ClN3O3. The topological polar surface area (TPSA) is 89.8 Å². The summed E-state index contributed by atoms with van der Waals surface area (Å²) in [6, 6.07) is 6.44. The summed E-state index contributed by atoms with van der Waals surface area (Å²) in [4.78, 5) is 15.8. The van der Waals surface area contributed by atoms with Gasteiger partial charge in [-0.25, -0.2) is 9.79 Å². The number of hydrogen-bond donors (Lipinski definition) is 2. The van der Waals surface area contributed by atoms with Gasteiger partial charge in [-0.2, -0.15) is 0 Å². The van der Waals surface area contributed by atoms with Crippen molar-refractivity contribution in [2.24, 2.45) is 10.7 Å². The summed E-state index contributed by atoms with van der Waals surface area (Å²) < 4.78 is 6.47. The molecule has 0 fully saturated rings. The van der Waals surface area contributed by atoms with Crippen LogP contribution in [-0.2, 0) is 11.3 Å². The molecule has 0 radical (unpaired) electrons. The van der Waals surface area contributed by atoms with Crippen molar-refractivity contribution in [3.63, 3.8) is 0 Å². The number of aliphatic imine (C=N–C) groups is 1. The third-order valence-corrected chi connectivity index (χ3v) is 4.10. The number of amidine groups is 1. The summed E-state index contributed by atoms with van der Waals surface area (Å²) >= 11 is 6.34. The molecule has 0 atom stereocenters. The first-order valence-corrected chi connectivity index (χ1v) is 8.52. The number of benzene rings is 1. The highest BCUT2D eigenvalue weighted by Crippen LogP contribution is 2.20. The van der Waals surface area contributed by atoms with Crippen molar-refractivity contribution in [3.05, 3.63) is 52.2 Å². The van der Waals surface area contributed by atoms with E-state index in [1.54, 1.807) is 18.3 Å². The average Bonchev–Trinajstić information content (AvgIpc) is 2.96. The van der Waals surface area contributed by atoms with Gasteiger partial charge in [-0.3, -0.25) is 0 Å². The lowest BCUT2D eigenvalue weighted by Crippen LogP contribution is -2.30. The van der Waals surface area contributed by atoms with Gasteiger partial charge in [0, 0.05) is 18.2 Å². The number of hydrogen-bond acceptors (Lipinski definition) is 4. The molecule has 2 rings (SSSR count). The predicted molar refractivity (Wildman–Crippen MR) is 104 cm³/mol. The lowest BCUT2D eigenvalue weighted by atomic mass is 10.1. The lowest BCUT2D eigenvalue weighted by molar-refractivity contribution is 0.0600. The van der Waals surface area contributed by atoms with Crippen molar-refractivity contribution in [2.45, 2.75) is 26.3 Å². The highest BCUT2D eigenvalue weighted by molar-refractivity contribution is 6.45. The number of phenols is 1. The number of nitrogens with two attached hydrogens (primary N) is 1. The first-order chi connectivity index (χ1) is 12.4. The molecule has 0 saturated carbocycles. The minimum Gasteiger partial charge on any atom is -0.508 e. The Hall–Kier alpha value is -2.73. The van der Waals surface area contributed by atoms with E-state index in [0.717, 1.165) is 6.42 Å². The molecule has 1 aromatic heterocycles. The fraction of sp³-hybridized carbons (Fsp3) is 0.263. The minimum atomic E-state index is -0.509. The SMILES string of the molecule is C=c1ccn(Cc2ccc(C(=O)OC)cc2O)/c1=C(Cl)/N=C(/N)CCC. The Balaban J connectivity index is 2.42.